The molecular formula is C18H31N3O2. The molecule has 1 saturated heterocycles. The summed E-state index contributed by atoms with van der Waals surface area (Å²) in [4.78, 5) is 24.6. The van der Waals surface area contributed by atoms with Crippen molar-refractivity contribution in [2.45, 2.75) is 76.3 Å². The smallest absolute Gasteiger partial charge is 0.223 e. The first kappa shape index (κ1) is 16.7. The Morgan fingerprint density at radius 3 is 1.91 bits per heavy atom. The molecule has 1 aliphatic heterocycles. The van der Waals surface area contributed by atoms with Crippen molar-refractivity contribution in [2.75, 3.05) is 13.1 Å². The largest absolute Gasteiger partial charge is 0.353 e. The van der Waals surface area contributed by atoms with Crippen LogP contribution in [-0.4, -0.2) is 37.0 Å². The lowest BCUT2D eigenvalue weighted by Gasteiger charge is -2.31. The first-order chi connectivity index (χ1) is 11.2. The van der Waals surface area contributed by atoms with Gasteiger partial charge in [0.05, 0.1) is 0 Å². The van der Waals surface area contributed by atoms with E-state index in [1.54, 1.807) is 0 Å². The zero-order chi connectivity index (χ0) is 16.1. The van der Waals surface area contributed by atoms with Gasteiger partial charge < -0.3 is 16.0 Å². The summed E-state index contributed by atoms with van der Waals surface area (Å²) in [7, 11) is 0. The average molecular weight is 321 g/mol. The van der Waals surface area contributed by atoms with E-state index in [4.69, 9.17) is 0 Å². The van der Waals surface area contributed by atoms with Crippen LogP contribution in [0, 0.1) is 11.8 Å². The summed E-state index contributed by atoms with van der Waals surface area (Å²) < 4.78 is 0. The number of piperidine rings is 1. The highest BCUT2D eigenvalue weighted by Crippen LogP contribution is 2.28. The first-order valence-corrected chi connectivity index (χ1v) is 9.54. The van der Waals surface area contributed by atoms with Crippen molar-refractivity contribution in [1.82, 2.24) is 16.0 Å². The predicted molar refractivity (Wildman–Crippen MR) is 89.9 cm³/mol. The minimum atomic E-state index is 0.136. The van der Waals surface area contributed by atoms with E-state index in [0.29, 0.717) is 6.04 Å². The summed E-state index contributed by atoms with van der Waals surface area (Å²) in [6, 6.07) is 0.583. The Morgan fingerprint density at radius 2 is 1.30 bits per heavy atom. The Hall–Kier alpha value is -1.10. The topological polar surface area (TPSA) is 70.2 Å². The Labute approximate surface area is 139 Å². The number of carbonyl (C=O) groups excluding carboxylic acids is 2. The normalized spacial score (nSPS) is 32.4. The molecule has 2 aliphatic carbocycles. The molecule has 0 aromatic rings. The minimum Gasteiger partial charge on any atom is -0.353 e. The van der Waals surface area contributed by atoms with Crippen LogP contribution in [0.25, 0.3) is 0 Å². The summed E-state index contributed by atoms with van der Waals surface area (Å²) in [6.45, 7) is 1.97. The van der Waals surface area contributed by atoms with Gasteiger partial charge in [0, 0.05) is 30.5 Å². The molecular weight excluding hydrogens is 290 g/mol. The molecule has 3 fully saturated rings. The van der Waals surface area contributed by atoms with E-state index < -0.39 is 0 Å². The summed E-state index contributed by atoms with van der Waals surface area (Å²) >= 11 is 0. The molecule has 1 heterocycles. The fourth-order valence-corrected chi connectivity index (χ4v) is 4.30. The molecule has 2 saturated carbocycles. The van der Waals surface area contributed by atoms with Crippen LogP contribution in [0.15, 0.2) is 0 Å². The molecule has 3 aliphatic rings. The summed E-state index contributed by atoms with van der Waals surface area (Å²) in [6.07, 6.45) is 10.4. The van der Waals surface area contributed by atoms with Gasteiger partial charge in [-0.1, -0.05) is 12.8 Å². The maximum absolute atomic E-state index is 12.4. The van der Waals surface area contributed by atoms with Gasteiger partial charge in [0.15, 0.2) is 0 Å². The zero-order valence-electron chi connectivity index (χ0n) is 14.1. The van der Waals surface area contributed by atoms with Crippen LogP contribution in [0.4, 0.5) is 0 Å². The van der Waals surface area contributed by atoms with Crippen LogP contribution in [0.5, 0.6) is 0 Å². The van der Waals surface area contributed by atoms with Crippen LogP contribution < -0.4 is 16.0 Å². The Balaban J connectivity index is 1.37. The van der Waals surface area contributed by atoms with Gasteiger partial charge in [-0.05, 0) is 57.9 Å². The molecule has 1 atom stereocenters. The molecule has 5 heteroatoms. The third kappa shape index (κ3) is 4.69. The van der Waals surface area contributed by atoms with E-state index >= 15 is 0 Å². The molecule has 5 nitrogen and oxygen atoms in total. The molecule has 3 rings (SSSR count). The molecule has 0 radical (unpaired) electrons. The molecule has 0 bridgehead atoms. The van der Waals surface area contributed by atoms with Crippen molar-refractivity contribution < 1.29 is 9.59 Å². The van der Waals surface area contributed by atoms with Gasteiger partial charge in [0.2, 0.25) is 11.8 Å². The third-order valence-electron chi connectivity index (χ3n) is 5.81. The van der Waals surface area contributed by atoms with Crippen LogP contribution in [-0.2, 0) is 9.59 Å². The van der Waals surface area contributed by atoms with Gasteiger partial charge in [-0.2, -0.15) is 0 Å². The van der Waals surface area contributed by atoms with Crippen molar-refractivity contribution in [3.8, 4) is 0 Å². The first-order valence-electron chi connectivity index (χ1n) is 9.54. The molecule has 2 amide bonds. The maximum atomic E-state index is 12.4. The Kier molecular flexibility index (Phi) is 5.92. The van der Waals surface area contributed by atoms with E-state index in [0.717, 1.165) is 64.5 Å². The van der Waals surface area contributed by atoms with E-state index in [9.17, 15) is 9.59 Å². The summed E-state index contributed by atoms with van der Waals surface area (Å²) in [5, 5.41) is 9.76. The monoisotopic (exact) mass is 321 g/mol. The fraction of sp³-hybridized carbons (Fsp3) is 0.889. The second-order valence-electron chi connectivity index (χ2n) is 7.59. The predicted octanol–water partition coefficient (Wildman–Crippen LogP) is 1.72. The lowest BCUT2D eigenvalue weighted by Crippen LogP contribution is -2.48. The highest BCUT2D eigenvalue weighted by atomic mass is 16.2. The van der Waals surface area contributed by atoms with Crippen LogP contribution in [0.1, 0.15) is 64.2 Å². The Morgan fingerprint density at radius 1 is 0.696 bits per heavy atom. The number of nitrogens with one attached hydrogen (secondary N) is 3. The lowest BCUT2D eigenvalue weighted by atomic mass is 9.85. The number of carbonyl (C=O) groups is 2. The van der Waals surface area contributed by atoms with E-state index in [-0.39, 0.29) is 29.7 Å². The van der Waals surface area contributed by atoms with Gasteiger partial charge in [0.25, 0.3) is 0 Å². The van der Waals surface area contributed by atoms with Crippen molar-refractivity contribution in [2.24, 2.45) is 11.8 Å². The number of hydrogen-bond acceptors (Lipinski definition) is 3. The van der Waals surface area contributed by atoms with Crippen LogP contribution in [0.3, 0.4) is 0 Å². The lowest BCUT2D eigenvalue weighted by molar-refractivity contribution is -0.127. The van der Waals surface area contributed by atoms with Gasteiger partial charge in [-0.25, -0.2) is 0 Å². The highest BCUT2D eigenvalue weighted by molar-refractivity contribution is 5.80. The number of rotatable bonds is 4. The standard InChI is InChI=1S/C18H31N3O2/c22-17(13-4-1-2-5-13)20-15-9-7-14(8-10-15)18(23)21-16-6-3-11-19-12-16/h13-16,19H,1-12H2,(H,20,22)(H,21,23)/t14?,15?,16-/m0/s1. The molecule has 130 valence electrons. The molecule has 23 heavy (non-hydrogen) atoms. The van der Waals surface area contributed by atoms with E-state index in [1.165, 1.54) is 12.8 Å². The SMILES string of the molecule is O=C(NC1CCC(C(=O)N[C@H]2CCCNC2)CC1)C1CCCC1. The number of amides is 2. The van der Waals surface area contributed by atoms with Crippen molar-refractivity contribution >= 4 is 11.8 Å². The molecule has 3 N–H and O–H groups in total. The van der Waals surface area contributed by atoms with E-state index in [2.05, 4.69) is 16.0 Å². The summed E-state index contributed by atoms with van der Waals surface area (Å²) in [5.74, 6) is 0.856. The zero-order valence-corrected chi connectivity index (χ0v) is 14.1. The van der Waals surface area contributed by atoms with Gasteiger partial charge >= 0.3 is 0 Å². The number of hydrogen-bond donors (Lipinski definition) is 3. The molecule has 0 aromatic heterocycles. The van der Waals surface area contributed by atoms with Crippen molar-refractivity contribution in [3.05, 3.63) is 0 Å². The quantitative estimate of drug-likeness (QED) is 0.738. The van der Waals surface area contributed by atoms with Gasteiger partial charge in [-0.15, -0.1) is 0 Å². The van der Waals surface area contributed by atoms with E-state index in [1.807, 2.05) is 0 Å². The van der Waals surface area contributed by atoms with Crippen molar-refractivity contribution in [3.63, 3.8) is 0 Å². The fourth-order valence-electron chi connectivity index (χ4n) is 4.30. The molecule has 0 unspecified atom stereocenters. The maximum Gasteiger partial charge on any atom is 0.223 e. The third-order valence-corrected chi connectivity index (χ3v) is 5.81. The minimum absolute atomic E-state index is 0.136. The van der Waals surface area contributed by atoms with Crippen LogP contribution >= 0.6 is 0 Å². The second-order valence-corrected chi connectivity index (χ2v) is 7.59. The second kappa shape index (κ2) is 8.13. The van der Waals surface area contributed by atoms with Crippen molar-refractivity contribution in [1.29, 1.82) is 0 Å². The van der Waals surface area contributed by atoms with Gasteiger partial charge in [-0.3, -0.25) is 9.59 Å². The molecule has 0 spiro atoms. The van der Waals surface area contributed by atoms with Gasteiger partial charge in [0.1, 0.15) is 0 Å². The van der Waals surface area contributed by atoms with Crippen LogP contribution in [0.2, 0.25) is 0 Å². The average Bonchev–Trinajstić information content (AvgIpc) is 3.11. The highest BCUT2D eigenvalue weighted by Gasteiger charge is 2.30. The molecule has 0 aromatic carbocycles. The summed E-state index contributed by atoms with van der Waals surface area (Å²) in [5.41, 5.74) is 0. The Bertz CT molecular complexity index is 406.